The van der Waals surface area contributed by atoms with Gasteiger partial charge in [-0.15, -0.1) is 0 Å². The number of hydrogen-bond acceptors (Lipinski definition) is 0. The minimum atomic E-state index is -0.0813. The summed E-state index contributed by atoms with van der Waals surface area (Å²) < 4.78 is 4.96. The van der Waals surface area contributed by atoms with E-state index in [0.717, 1.165) is 12.8 Å². The van der Waals surface area contributed by atoms with Gasteiger partial charge >= 0.3 is 0 Å². The molecule has 8 aromatic carbocycles. The molecule has 10 aromatic rings. The first kappa shape index (κ1) is 33.9. The number of rotatable bonds is 5. The first-order valence-corrected chi connectivity index (χ1v) is 20.9. The standard InChI is InChI=1S/C57H42N2/c1-57(2)51-26-16-15-25-44(51)46-35-49-47-31-39(27-29-53(47)58(55(49)36-52(46)57)42-21-11-5-12-22-42)40-28-30-54-48(32-40)50-34-41(37-17-7-3-8-18-37)33-45(38-19-9-4-10-20-38)56(50)59(54)43-23-13-6-14-24-43/h3-9,11-19,21-36H,10,20H2,1-2H3. The van der Waals surface area contributed by atoms with E-state index < -0.39 is 0 Å². The van der Waals surface area contributed by atoms with Crippen LogP contribution in [0.3, 0.4) is 0 Å². The zero-order valence-electron chi connectivity index (χ0n) is 33.3. The van der Waals surface area contributed by atoms with Crippen molar-refractivity contribution >= 4 is 49.2 Å². The number of allylic oxidation sites excluding steroid dienone is 4. The summed E-state index contributed by atoms with van der Waals surface area (Å²) in [5, 5.41) is 5.08. The van der Waals surface area contributed by atoms with Gasteiger partial charge in [0, 0.05) is 43.9 Å². The number of benzene rings is 8. The van der Waals surface area contributed by atoms with Crippen LogP contribution in [0.5, 0.6) is 0 Å². The molecular weight excluding hydrogens is 713 g/mol. The van der Waals surface area contributed by atoms with Crippen molar-refractivity contribution in [3.8, 4) is 44.8 Å². The molecule has 2 heterocycles. The van der Waals surface area contributed by atoms with Crippen LogP contribution in [0.2, 0.25) is 0 Å². The minimum absolute atomic E-state index is 0.0813. The predicted molar refractivity (Wildman–Crippen MR) is 250 cm³/mol. The number of hydrogen-bond donors (Lipinski definition) is 0. The van der Waals surface area contributed by atoms with Gasteiger partial charge in [0.05, 0.1) is 22.1 Å². The van der Waals surface area contributed by atoms with Crippen LogP contribution in [-0.2, 0) is 5.41 Å². The summed E-state index contributed by atoms with van der Waals surface area (Å²) in [4.78, 5) is 0. The van der Waals surface area contributed by atoms with Gasteiger partial charge in [-0.1, -0.05) is 135 Å². The highest BCUT2D eigenvalue weighted by Crippen LogP contribution is 2.51. The van der Waals surface area contributed by atoms with Gasteiger partial charge in [0.1, 0.15) is 0 Å². The Morgan fingerprint density at radius 3 is 1.71 bits per heavy atom. The van der Waals surface area contributed by atoms with Gasteiger partial charge in [-0.25, -0.2) is 0 Å². The maximum atomic E-state index is 2.49. The van der Waals surface area contributed by atoms with Crippen molar-refractivity contribution in [3.05, 3.63) is 211 Å². The van der Waals surface area contributed by atoms with Gasteiger partial charge in [0.15, 0.2) is 0 Å². The molecular formula is C57H42N2. The SMILES string of the molecule is CC1(C)c2ccccc2-c2cc3c4cc(-c5ccc6c(c5)c5cc(-c7ccccc7)cc(C7=CC=CCC7)c5n6-c5ccccc5)ccc4n(-c4ccccc4)c3cc21. The fourth-order valence-electron chi connectivity index (χ4n) is 10.3. The lowest BCUT2D eigenvalue weighted by Gasteiger charge is -2.21. The van der Waals surface area contributed by atoms with Crippen LogP contribution >= 0.6 is 0 Å². The zero-order chi connectivity index (χ0) is 39.2. The molecule has 0 amide bonds. The Morgan fingerprint density at radius 2 is 1.02 bits per heavy atom. The molecule has 2 heteroatoms. The molecule has 0 spiro atoms. The summed E-state index contributed by atoms with van der Waals surface area (Å²) in [7, 11) is 0. The van der Waals surface area contributed by atoms with E-state index in [1.165, 1.54) is 111 Å². The summed E-state index contributed by atoms with van der Waals surface area (Å²) in [6.45, 7) is 4.74. The van der Waals surface area contributed by atoms with Gasteiger partial charge in [0.2, 0.25) is 0 Å². The van der Waals surface area contributed by atoms with E-state index in [9.17, 15) is 0 Å². The van der Waals surface area contributed by atoms with E-state index in [1.807, 2.05) is 0 Å². The number of para-hydroxylation sites is 2. The Labute approximate surface area is 344 Å². The molecule has 0 saturated carbocycles. The lowest BCUT2D eigenvalue weighted by molar-refractivity contribution is 0.661. The average molecular weight is 755 g/mol. The molecule has 280 valence electrons. The first-order valence-electron chi connectivity index (χ1n) is 20.9. The van der Waals surface area contributed by atoms with Gasteiger partial charge in [-0.3, -0.25) is 0 Å². The van der Waals surface area contributed by atoms with Crippen LogP contribution in [-0.4, -0.2) is 9.13 Å². The summed E-state index contributed by atoms with van der Waals surface area (Å²) in [6.07, 6.45) is 8.90. The Hall–Kier alpha value is -7.16. The third kappa shape index (κ3) is 5.12. The molecule has 0 saturated heterocycles. The molecule has 0 bridgehead atoms. The Bertz CT molecular complexity index is 3370. The van der Waals surface area contributed by atoms with Crippen LogP contribution in [0.4, 0.5) is 0 Å². The highest BCUT2D eigenvalue weighted by Gasteiger charge is 2.36. The highest BCUT2D eigenvalue weighted by atomic mass is 15.0. The molecule has 59 heavy (non-hydrogen) atoms. The molecule has 2 aliphatic carbocycles. The molecule has 0 N–H and O–H groups in total. The molecule has 12 rings (SSSR count). The van der Waals surface area contributed by atoms with Crippen molar-refractivity contribution in [3.63, 3.8) is 0 Å². The van der Waals surface area contributed by atoms with Gasteiger partial charge in [-0.05, 0) is 136 Å². The average Bonchev–Trinajstić information content (AvgIpc) is 3.88. The lowest BCUT2D eigenvalue weighted by atomic mass is 9.82. The van der Waals surface area contributed by atoms with E-state index in [1.54, 1.807) is 0 Å². The minimum Gasteiger partial charge on any atom is -0.309 e. The van der Waals surface area contributed by atoms with Gasteiger partial charge in [0.25, 0.3) is 0 Å². The quantitative estimate of drug-likeness (QED) is 0.166. The van der Waals surface area contributed by atoms with Crippen molar-refractivity contribution in [2.75, 3.05) is 0 Å². The fourth-order valence-corrected chi connectivity index (χ4v) is 10.3. The normalized spacial score (nSPS) is 14.3. The zero-order valence-corrected chi connectivity index (χ0v) is 33.3. The molecule has 2 aromatic heterocycles. The van der Waals surface area contributed by atoms with Crippen molar-refractivity contribution in [2.45, 2.75) is 32.1 Å². The van der Waals surface area contributed by atoms with Crippen LogP contribution in [0.25, 0.3) is 93.9 Å². The third-order valence-corrected chi connectivity index (χ3v) is 13.2. The third-order valence-electron chi connectivity index (χ3n) is 13.2. The molecule has 0 atom stereocenters. The van der Waals surface area contributed by atoms with Crippen molar-refractivity contribution in [1.29, 1.82) is 0 Å². The number of fused-ring (bicyclic) bond motifs is 9. The second kappa shape index (κ2) is 12.9. The Morgan fingerprint density at radius 1 is 0.424 bits per heavy atom. The summed E-state index contributed by atoms with van der Waals surface area (Å²) in [6, 6.07) is 65.6. The molecule has 2 aliphatic rings. The molecule has 0 unspecified atom stereocenters. The second-order valence-corrected chi connectivity index (χ2v) is 16.8. The maximum absolute atomic E-state index is 2.49. The maximum Gasteiger partial charge on any atom is 0.0616 e. The van der Waals surface area contributed by atoms with E-state index in [2.05, 4.69) is 217 Å². The van der Waals surface area contributed by atoms with Crippen molar-refractivity contribution in [1.82, 2.24) is 9.13 Å². The van der Waals surface area contributed by atoms with E-state index >= 15 is 0 Å². The fraction of sp³-hybridized carbons (Fsp3) is 0.0877. The smallest absolute Gasteiger partial charge is 0.0616 e. The Balaban J connectivity index is 1.13. The van der Waals surface area contributed by atoms with Crippen LogP contribution in [0.15, 0.2) is 194 Å². The topological polar surface area (TPSA) is 9.86 Å². The van der Waals surface area contributed by atoms with Gasteiger partial charge in [-0.2, -0.15) is 0 Å². The Kier molecular flexibility index (Phi) is 7.43. The van der Waals surface area contributed by atoms with Crippen LogP contribution < -0.4 is 0 Å². The molecule has 0 fully saturated rings. The first-order chi connectivity index (χ1) is 29.0. The predicted octanol–water partition coefficient (Wildman–Crippen LogP) is 15.3. The van der Waals surface area contributed by atoms with E-state index in [4.69, 9.17) is 0 Å². The van der Waals surface area contributed by atoms with E-state index in [-0.39, 0.29) is 5.41 Å². The van der Waals surface area contributed by atoms with Crippen LogP contribution in [0.1, 0.15) is 43.4 Å². The second-order valence-electron chi connectivity index (χ2n) is 16.8. The summed E-state index contributed by atoms with van der Waals surface area (Å²) in [5.74, 6) is 0. The van der Waals surface area contributed by atoms with E-state index in [0.29, 0.717) is 0 Å². The lowest BCUT2D eigenvalue weighted by Crippen LogP contribution is -2.14. The van der Waals surface area contributed by atoms with Gasteiger partial charge < -0.3 is 9.13 Å². The van der Waals surface area contributed by atoms with Crippen LogP contribution in [0, 0.1) is 0 Å². The largest absolute Gasteiger partial charge is 0.309 e. The summed E-state index contributed by atoms with van der Waals surface area (Å²) >= 11 is 0. The summed E-state index contributed by atoms with van der Waals surface area (Å²) in [5.41, 5.74) is 20.3. The molecule has 2 nitrogen and oxygen atoms in total. The number of nitrogens with zero attached hydrogens (tertiary/aromatic N) is 2. The highest BCUT2D eigenvalue weighted by molar-refractivity contribution is 6.16. The van der Waals surface area contributed by atoms with Crippen molar-refractivity contribution in [2.24, 2.45) is 0 Å². The molecule has 0 aliphatic heterocycles. The van der Waals surface area contributed by atoms with Crippen molar-refractivity contribution < 1.29 is 0 Å². The number of aromatic nitrogens is 2. The molecule has 0 radical (unpaired) electrons. The monoisotopic (exact) mass is 754 g/mol.